The van der Waals surface area contributed by atoms with Gasteiger partial charge in [0.15, 0.2) is 11.0 Å². The number of pyridine rings is 1. The molecular weight excluding hydrogens is 286 g/mol. The van der Waals surface area contributed by atoms with Gasteiger partial charge >= 0.3 is 0 Å². The molecular formula is C17H12ClNO2. The number of nitrogens with zero attached hydrogens (tertiary/aromatic N) is 1. The fourth-order valence-corrected chi connectivity index (χ4v) is 3.04. The van der Waals surface area contributed by atoms with E-state index in [1.54, 1.807) is 12.1 Å². The zero-order valence-electron chi connectivity index (χ0n) is 11.4. The van der Waals surface area contributed by atoms with Crippen LogP contribution in [0.4, 0.5) is 0 Å². The van der Waals surface area contributed by atoms with Gasteiger partial charge in [-0.1, -0.05) is 30.7 Å². The zero-order chi connectivity index (χ0) is 14.6. The highest BCUT2D eigenvalue weighted by Gasteiger charge is 2.16. The fourth-order valence-electron chi connectivity index (χ4n) is 2.88. The van der Waals surface area contributed by atoms with Gasteiger partial charge in [0.05, 0.1) is 16.6 Å². The van der Waals surface area contributed by atoms with Gasteiger partial charge in [-0.05, 0) is 36.8 Å². The summed E-state index contributed by atoms with van der Waals surface area (Å²) in [6, 6.07) is 13.1. The Balaban J connectivity index is 2.42. The average molecular weight is 298 g/mol. The summed E-state index contributed by atoms with van der Waals surface area (Å²) in [6.07, 6.45) is 0.626. The Hall–Kier alpha value is -2.26. The maximum absolute atomic E-state index is 12.6. The van der Waals surface area contributed by atoms with Gasteiger partial charge in [0.1, 0.15) is 0 Å². The van der Waals surface area contributed by atoms with Crippen molar-refractivity contribution in [1.29, 1.82) is 0 Å². The Morgan fingerprint density at radius 3 is 2.76 bits per heavy atom. The van der Waals surface area contributed by atoms with Crippen molar-refractivity contribution >= 4 is 39.3 Å². The maximum Gasteiger partial charge on any atom is 0.212 e. The molecule has 4 heteroatoms. The maximum atomic E-state index is 12.6. The second-order valence-electron chi connectivity index (χ2n) is 5.03. The first kappa shape index (κ1) is 12.5. The molecule has 0 radical (unpaired) electrons. The topological polar surface area (TPSA) is 34.6 Å². The van der Waals surface area contributed by atoms with E-state index in [1.807, 2.05) is 41.7 Å². The van der Waals surface area contributed by atoms with Gasteiger partial charge in [0, 0.05) is 10.4 Å². The Labute approximate surface area is 125 Å². The summed E-state index contributed by atoms with van der Waals surface area (Å²) in [7, 11) is 0. The molecule has 0 aliphatic rings. The molecule has 21 heavy (non-hydrogen) atoms. The minimum atomic E-state index is 0.0169. The molecule has 104 valence electrons. The molecule has 2 aromatic carbocycles. The van der Waals surface area contributed by atoms with Gasteiger partial charge in [-0.2, -0.15) is 0 Å². The van der Waals surface area contributed by atoms with Gasteiger partial charge in [0.2, 0.25) is 5.71 Å². The largest absolute Gasteiger partial charge is 0.438 e. The summed E-state index contributed by atoms with van der Waals surface area (Å²) < 4.78 is 7.91. The van der Waals surface area contributed by atoms with Crippen molar-refractivity contribution in [3.63, 3.8) is 0 Å². The number of aryl methyl sites for hydroxylation is 1. The predicted octanol–water partition coefficient (Wildman–Crippen LogP) is 4.41. The summed E-state index contributed by atoms with van der Waals surface area (Å²) in [4.78, 5) is 12.6. The highest BCUT2D eigenvalue weighted by atomic mass is 35.5. The molecule has 0 fully saturated rings. The number of para-hydroxylation sites is 2. The molecule has 2 heterocycles. The van der Waals surface area contributed by atoms with Crippen LogP contribution in [-0.2, 0) is 6.42 Å². The molecule has 0 unspecified atom stereocenters. The summed E-state index contributed by atoms with van der Waals surface area (Å²) in [6.45, 7) is 1.96. The van der Waals surface area contributed by atoms with Gasteiger partial charge in [-0.25, -0.2) is 0 Å². The van der Waals surface area contributed by atoms with E-state index in [-0.39, 0.29) is 5.43 Å². The number of hydrogen-bond acceptors (Lipinski definition) is 2. The van der Waals surface area contributed by atoms with Gasteiger partial charge in [-0.15, -0.1) is 0 Å². The highest BCUT2D eigenvalue weighted by molar-refractivity contribution is 6.31. The Kier molecular flexibility index (Phi) is 2.59. The van der Waals surface area contributed by atoms with Crippen molar-refractivity contribution in [1.82, 2.24) is 4.40 Å². The predicted molar refractivity (Wildman–Crippen MR) is 85.3 cm³/mol. The lowest BCUT2D eigenvalue weighted by Gasteiger charge is -2.06. The van der Waals surface area contributed by atoms with E-state index >= 15 is 0 Å². The van der Waals surface area contributed by atoms with Crippen LogP contribution in [0.3, 0.4) is 0 Å². The number of hydrogen-bond donors (Lipinski definition) is 0. The van der Waals surface area contributed by atoms with Crippen molar-refractivity contribution in [3.05, 3.63) is 63.3 Å². The quantitative estimate of drug-likeness (QED) is 0.521. The van der Waals surface area contributed by atoms with Crippen LogP contribution in [-0.4, -0.2) is 4.40 Å². The van der Waals surface area contributed by atoms with E-state index in [1.165, 1.54) is 0 Å². The van der Waals surface area contributed by atoms with E-state index in [0.29, 0.717) is 28.1 Å². The van der Waals surface area contributed by atoms with Crippen LogP contribution in [0.1, 0.15) is 12.5 Å². The van der Waals surface area contributed by atoms with E-state index in [2.05, 4.69) is 0 Å². The second-order valence-corrected chi connectivity index (χ2v) is 5.47. The second kappa shape index (κ2) is 4.37. The number of benzene rings is 2. The molecule has 0 spiro atoms. The van der Waals surface area contributed by atoms with Gasteiger partial charge < -0.3 is 4.42 Å². The number of halogens is 1. The van der Waals surface area contributed by atoms with Gasteiger partial charge in [-0.3, -0.25) is 9.20 Å². The molecule has 0 saturated carbocycles. The smallest absolute Gasteiger partial charge is 0.212 e. The van der Waals surface area contributed by atoms with E-state index in [0.717, 1.165) is 16.6 Å². The SMILES string of the molecule is CCc1c(=O)c2ccc(Cl)cc2n2c1oc1ccccc12. The first-order chi connectivity index (χ1) is 10.2. The summed E-state index contributed by atoms with van der Waals surface area (Å²) in [5.41, 5.74) is 3.81. The highest BCUT2D eigenvalue weighted by Crippen LogP contribution is 2.27. The van der Waals surface area contributed by atoms with Gasteiger partial charge in [0.25, 0.3) is 0 Å². The molecule has 2 aromatic heterocycles. The van der Waals surface area contributed by atoms with Crippen LogP contribution in [0.25, 0.3) is 27.7 Å². The normalized spacial score (nSPS) is 11.7. The van der Waals surface area contributed by atoms with E-state index < -0.39 is 0 Å². The van der Waals surface area contributed by atoms with Crippen LogP contribution in [0.2, 0.25) is 5.02 Å². The molecule has 4 rings (SSSR count). The third kappa shape index (κ3) is 1.64. The van der Waals surface area contributed by atoms with Crippen LogP contribution in [0.5, 0.6) is 0 Å². The van der Waals surface area contributed by atoms with Crippen molar-refractivity contribution in [3.8, 4) is 0 Å². The summed E-state index contributed by atoms with van der Waals surface area (Å²) in [5, 5.41) is 1.27. The Morgan fingerprint density at radius 1 is 1.14 bits per heavy atom. The zero-order valence-corrected chi connectivity index (χ0v) is 12.1. The molecule has 0 atom stereocenters. The van der Waals surface area contributed by atoms with Crippen molar-refractivity contribution in [2.45, 2.75) is 13.3 Å². The third-order valence-corrected chi connectivity index (χ3v) is 4.08. The minimum Gasteiger partial charge on any atom is -0.438 e. The first-order valence-corrected chi connectivity index (χ1v) is 7.23. The minimum absolute atomic E-state index is 0.0169. The molecule has 0 aliphatic carbocycles. The van der Waals surface area contributed by atoms with Crippen LogP contribution >= 0.6 is 11.6 Å². The lowest BCUT2D eigenvalue weighted by Crippen LogP contribution is -2.11. The molecule has 4 aromatic rings. The Morgan fingerprint density at radius 2 is 1.95 bits per heavy atom. The molecule has 0 saturated heterocycles. The van der Waals surface area contributed by atoms with E-state index in [4.69, 9.17) is 16.0 Å². The number of oxazole rings is 1. The molecule has 0 amide bonds. The van der Waals surface area contributed by atoms with Crippen LogP contribution in [0.15, 0.2) is 51.7 Å². The lowest BCUT2D eigenvalue weighted by atomic mass is 10.1. The average Bonchev–Trinajstić information content (AvgIpc) is 2.86. The molecule has 0 bridgehead atoms. The lowest BCUT2D eigenvalue weighted by molar-refractivity contribution is 0.648. The van der Waals surface area contributed by atoms with Crippen molar-refractivity contribution in [2.24, 2.45) is 0 Å². The van der Waals surface area contributed by atoms with Crippen LogP contribution < -0.4 is 5.43 Å². The number of fused-ring (bicyclic) bond motifs is 5. The molecule has 3 nitrogen and oxygen atoms in total. The standard InChI is InChI=1S/C17H12ClNO2/c1-2-11-16(20)12-8-7-10(18)9-14(12)19-13-5-3-4-6-15(13)21-17(11)19/h3-9H,2H2,1H3. The number of rotatable bonds is 1. The van der Waals surface area contributed by atoms with Crippen LogP contribution in [0, 0.1) is 0 Å². The number of aromatic nitrogens is 1. The summed E-state index contributed by atoms with van der Waals surface area (Å²) in [5.74, 6) is 0. The third-order valence-electron chi connectivity index (χ3n) is 3.85. The fraction of sp³-hybridized carbons (Fsp3) is 0.118. The monoisotopic (exact) mass is 297 g/mol. The molecule has 0 aliphatic heterocycles. The molecule has 0 N–H and O–H groups in total. The Bertz CT molecular complexity index is 1060. The van der Waals surface area contributed by atoms with Crippen molar-refractivity contribution < 1.29 is 4.42 Å². The first-order valence-electron chi connectivity index (χ1n) is 6.85. The van der Waals surface area contributed by atoms with Crippen molar-refractivity contribution in [2.75, 3.05) is 0 Å². The van der Waals surface area contributed by atoms with E-state index in [9.17, 15) is 4.79 Å². The summed E-state index contributed by atoms with van der Waals surface area (Å²) >= 11 is 6.12.